The first-order valence-corrected chi connectivity index (χ1v) is 12.3. The van der Waals surface area contributed by atoms with Crippen LogP contribution in [-0.2, 0) is 33.8 Å². The molecule has 0 aliphatic heterocycles. The molecule has 35 heavy (non-hydrogen) atoms. The Hall–Kier alpha value is -3.32. The maximum absolute atomic E-state index is 13.7. The molecule has 1 amide bonds. The minimum Gasteiger partial charge on any atom is -0.468 e. The van der Waals surface area contributed by atoms with Crippen molar-refractivity contribution in [1.29, 1.82) is 0 Å². The average molecular weight is 481 g/mol. The van der Waals surface area contributed by atoms with Crippen LogP contribution in [0.3, 0.4) is 0 Å². The number of benzene rings is 1. The van der Waals surface area contributed by atoms with Crippen molar-refractivity contribution in [1.82, 2.24) is 9.80 Å². The van der Waals surface area contributed by atoms with Gasteiger partial charge in [-0.05, 0) is 56.5 Å². The Morgan fingerprint density at radius 1 is 0.971 bits per heavy atom. The summed E-state index contributed by atoms with van der Waals surface area (Å²) in [5.74, 6) is 1.84. The second kappa shape index (κ2) is 13.5. The number of amides is 1. The van der Waals surface area contributed by atoms with Gasteiger partial charge in [0.05, 0.1) is 32.5 Å². The Morgan fingerprint density at radius 2 is 1.77 bits per heavy atom. The van der Waals surface area contributed by atoms with Gasteiger partial charge in [0.25, 0.3) is 0 Å². The van der Waals surface area contributed by atoms with Crippen molar-refractivity contribution in [3.8, 4) is 0 Å². The van der Waals surface area contributed by atoms with Crippen LogP contribution >= 0.6 is 0 Å². The van der Waals surface area contributed by atoms with E-state index in [1.54, 1.807) is 24.2 Å². The molecule has 3 rings (SSSR count). The lowest BCUT2D eigenvalue weighted by atomic mass is 10.1. The number of esters is 1. The molecule has 0 saturated carbocycles. The van der Waals surface area contributed by atoms with Gasteiger partial charge < -0.3 is 18.5 Å². The van der Waals surface area contributed by atoms with Crippen LogP contribution in [0.1, 0.15) is 49.5 Å². The summed E-state index contributed by atoms with van der Waals surface area (Å²) in [4.78, 5) is 30.2. The smallest absolute Gasteiger partial charge is 0.323 e. The summed E-state index contributed by atoms with van der Waals surface area (Å²) in [5.41, 5.74) is 1.16. The Labute approximate surface area is 207 Å². The van der Waals surface area contributed by atoms with E-state index < -0.39 is 6.04 Å². The van der Waals surface area contributed by atoms with Gasteiger partial charge >= 0.3 is 5.97 Å². The summed E-state index contributed by atoms with van der Waals surface area (Å²) in [6.45, 7) is 7.31. The molecule has 0 spiro atoms. The molecule has 0 saturated heterocycles. The van der Waals surface area contributed by atoms with Gasteiger partial charge in [-0.15, -0.1) is 0 Å². The van der Waals surface area contributed by atoms with Crippen LogP contribution in [0, 0.1) is 6.92 Å². The van der Waals surface area contributed by atoms with Gasteiger partial charge in [-0.1, -0.05) is 43.7 Å². The van der Waals surface area contributed by atoms with E-state index >= 15 is 0 Å². The standard InChI is InChI=1S/C28H36N2O5/c1-4-10-26(28(32)33-5-2)30(19-24-13-9-18-34-24)21-27(31)29(20-25-15-14-22(3)35-25)17-16-23-11-7-6-8-12-23/h6-9,11-15,18,26H,4-5,10,16-17,19-21H2,1-3H3/t26-/m1/s1. The van der Waals surface area contributed by atoms with E-state index in [-0.39, 0.29) is 18.4 Å². The van der Waals surface area contributed by atoms with Crippen molar-refractivity contribution in [3.63, 3.8) is 0 Å². The average Bonchev–Trinajstić information content (AvgIpc) is 3.52. The van der Waals surface area contributed by atoms with Crippen molar-refractivity contribution >= 4 is 11.9 Å². The van der Waals surface area contributed by atoms with Gasteiger partial charge in [0, 0.05) is 6.54 Å². The largest absolute Gasteiger partial charge is 0.468 e. The number of aryl methyl sites for hydroxylation is 1. The Bertz CT molecular complexity index is 1030. The SMILES string of the molecule is CCC[C@H](C(=O)OCC)N(CC(=O)N(CCc1ccccc1)Cc1ccc(C)o1)Cc1ccco1. The molecule has 0 N–H and O–H groups in total. The maximum atomic E-state index is 13.7. The van der Waals surface area contributed by atoms with Crippen LogP contribution in [0.4, 0.5) is 0 Å². The van der Waals surface area contributed by atoms with Gasteiger partial charge in [-0.3, -0.25) is 14.5 Å². The first-order chi connectivity index (χ1) is 17.0. The molecular formula is C28H36N2O5. The van der Waals surface area contributed by atoms with Crippen LogP contribution in [0.2, 0.25) is 0 Å². The Kier molecular flexibility index (Phi) is 10.2. The topological polar surface area (TPSA) is 76.1 Å². The molecule has 0 bridgehead atoms. The number of ether oxygens (including phenoxy) is 1. The monoisotopic (exact) mass is 480 g/mol. The van der Waals surface area contributed by atoms with E-state index in [0.29, 0.717) is 38.4 Å². The molecule has 3 aromatic rings. The number of carbonyl (C=O) groups is 2. The highest BCUT2D eigenvalue weighted by Gasteiger charge is 2.30. The third-order valence-electron chi connectivity index (χ3n) is 5.85. The summed E-state index contributed by atoms with van der Waals surface area (Å²) >= 11 is 0. The molecule has 2 aromatic heterocycles. The van der Waals surface area contributed by atoms with Gasteiger partial charge in [-0.2, -0.15) is 0 Å². The van der Waals surface area contributed by atoms with Gasteiger partial charge in [0.1, 0.15) is 23.3 Å². The van der Waals surface area contributed by atoms with Crippen LogP contribution < -0.4 is 0 Å². The molecule has 1 atom stereocenters. The quantitative estimate of drug-likeness (QED) is 0.303. The fourth-order valence-electron chi connectivity index (χ4n) is 4.07. The fourth-order valence-corrected chi connectivity index (χ4v) is 4.07. The van der Waals surface area contributed by atoms with Gasteiger partial charge in [-0.25, -0.2) is 0 Å². The summed E-state index contributed by atoms with van der Waals surface area (Å²) in [7, 11) is 0. The summed E-state index contributed by atoms with van der Waals surface area (Å²) < 4.78 is 16.7. The van der Waals surface area contributed by atoms with Crippen molar-refractivity contribution < 1.29 is 23.2 Å². The zero-order valence-electron chi connectivity index (χ0n) is 20.9. The third-order valence-corrected chi connectivity index (χ3v) is 5.85. The van der Waals surface area contributed by atoms with E-state index in [1.165, 1.54) is 0 Å². The zero-order valence-corrected chi connectivity index (χ0v) is 20.9. The van der Waals surface area contributed by atoms with Crippen LogP contribution in [0.25, 0.3) is 0 Å². The predicted octanol–water partition coefficient (Wildman–Crippen LogP) is 4.99. The first-order valence-electron chi connectivity index (χ1n) is 12.3. The molecule has 0 aliphatic rings. The maximum Gasteiger partial charge on any atom is 0.323 e. The normalized spacial score (nSPS) is 12.0. The number of carbonyl (C=O) groups excluding carboxylic acids is 2. The summed E-state index contributed by atoms with van der Waals surface area (Å²) in [6.07, 6.45) is 3.70. The van der Waals surface area contributed by atoms with E-state index in [1.807, 2.05) is 55.1 Å². The third kappa shape index (κ3) is 8.14. The fraction of sp³-hybridized carbons (Fsp3) is 0.429. The van der Waals surface area contributed by atoms with Crippen molar-refractivity contribution in [2.24, 2.45) is 0 Å². The molecule has 0 radical (unpaired) electrons. The number of furan rings is 2. The van der Waals surface area contributed by atoms with E-state index in [2.05, 4.69) is 12.1 Å². The minimum atomic E-state index is -0.532. The Morgan fingerprint density at radius 3 is 2.40 bits per heavy atom. The molecule has 7 nitrogen and oxygen atoms in total. The second-order valence-corrected chi connectivity index (χ2v) is 8.60. The molecule has 0 unspecified atom stereocenters. The van der Waals surface area contributed by atoms with Crippen LogP contribution in [-0.4, -0.2) is 47.4 Å². The van der Waals surface area contributed by atoms with Crippen LogP contribution in [0.15, 0.2) is 69.7 Å². The molecular weight excluding hydrogens is 444 g/mol. The highest BCUT2D eigenvalue weighted by molar-refractivity contribution is 5.80. The predicted molar refractivity (Wildman–Crippen MR) is 133 cm³/mol. The molecule has 2 heterocycles. The zero-order chi connectivity index (χ0) is 25.0. The molecule has 7 heteroatoms. The lowest BCUT2D eigenvalue weighted by molar-refractivity contribution is -0.151. The minimum absolute atomic E-state index is 0.0681. The molecule has 1 aromatic carbocycles. The van der Waals surface area contributed by atoms with E-state index in [0.717, 1.165) is 29.9 Å². The Balaban J connectivity index is 1.80. The summed E-state index contributed by atoms with van der Waals surface area (Å²) in [5, 5.41) is 0. The van der Waals surface area contributed by atoms with Gasteiger partial charge in [0.2, 0.25) is 5.91 Å². The van der Waals surface area contributed by atoms with E-state index in [4.69, 9.17) is 13.6 Å². The van der Waals surface area contributed by atoms with Crippen molar-refractivity contribution in [2.45, 2.75) is 59.2 Å². The lowest BCUT2D eigenvalue weighted by Gasteiger charge is -2.31. The number of hydrogen-bond acceptors (Lipinski definition) is 6. The molecule has 188 valence electrons. The van der Waals surface area contributed by atoms with Crippen LogP contribution in [0.5, 0.6) is 0 Å². The van der Waals surface area contributed by atoms with Gasteiger partial charge in [0.15, 0.2) is 0 Å². The number of rotatable bonds is 14. The highest BCUT2D eigenvalue weighted by Crippen LogP contribution is 2.17. The van der Waals surface area contributed by atoms with E-state index in [9.17, 15) is 9.59 Å². The summed E-state index contributed by atoms with van der Waals surface area (Å²) in [6, 6.07) is 17.0. The number of hydrogen-bond donors (Lipinski definition) is 0. The van der Waals surface area contributed by atoms with Crippen molar-refractivity contribution in [3.05, 3.63) is 83.7 Å². The highest BCUT2D eigenvalue weighted by atomic mass is 16.5. The first kappa shape index (κ1) is 26.3. The molecule has 0 aliphatic carbocycles. The lowest BCUT2D eigenvalue weighted by Crippen LogP contribution is -2.48. The molecule has 0 fully saturated rings. The second-order valence-electron chi connectivity index (χ2n) is 8.60. The number of nitrogens with zero attached hydrogens (tertiary/aromatic N) is 2. The van der Waals surface area contributed by atoms with Crippen molar-refractivity contribution in [2.75, 3.05) is 19.7 Å².